The van der Waals surface area contributed by atoms with E-state index in [2.05, 4.69) is 20.4 Å². The summed E-state index contributed by atoms with van der Waals surface area (Å²) in [6, 6.07) is 2.71. The molecule has 1 amide bonds. The Kier molecular flexibility index (Phi) is 8.52. The lowest BCUT2D eigenvalue weighted by atomic mass is 10.1. The van der Waals surface area contributed by atoms with Crippen LogP contribution in [-0.2, 0) is 11.3 Å². The van der Waals surface area contributed by atoms with Gasteiger partial charge < -0.3 is 15.4 Å². The van der Waals surface area contributed by atoms with Gasteiger partial charge in [-0.05, 0) is 24.5 Å². The van der Waals surface area contributed by atoms with E-state index in [-0.39, 0.29) is 38.4 Å². The van der Waals surface area contributed by atoms with Crippen LogP contribution in [-0.4, -0.2) is 42.9 Å². The lowest BCUT2D eigenvalue weighted by Gasteiger charge is -2.19. The van der Waals surface area contributed by atoms with Gasteiger partial charge in [-0.2, -0.15) is 26.3 Å². The number of rotatable bonds is 8. The van der Waals surface area contributed by atoms with E-state index in [9.17, 15) is 31.1 Å². The molecule has 0 aromatic carbocycles. The van der Waals surface area contributed by atoms with Crippen LogP contribution in [0, 0.1) is 5.41 Å². The second kappa shape index (κ2) is 9.94. The topological polar surface area (TPSA) is 63.2 Å². The van der Waals surface area contributed by atoms with Gasteiger partial charge in [-0.25, -0.2) is 4.98 Å². The number of ether oxygens (including phenoxy) is 1. The Morgan fingerprint density at radius 3 is 2.39 bits per heavy atom. The van der Waals surface area contributed by atoms with Gasteiger partial charge in [-0.15, -0.1) is 0 Å². The van der Waals surface area contributed by atoms with Crippen molar-refractivity contribution in [1.29, 1.82) is 0 Å². The molecule has 5 nitrogen and oxygen atoms in total. The molecule has 0 saturated heterocycles. The number of nitrogens with one attached hydrogen (secondary N) is 2. The van der Waals surface area contributed by atoms with E-state index in [0.29, 0.717) is 5.56 Å². The molecule has 2 N–H and O–H groups in total. The summed E-state index contributed by atoms with van der Waals surface area (Å²) in [5, 5.41) is 4.94. The number of nitrogens with zero attached hydrogens (tertiary/aromatic N) is 1. The fourth-order valence-corrected chi connectivity index (χ4v) is 2.18. The fourth-order valence-electron chi connectivity index (χ4n) is 2.18. The maximum Gasteiger partial charge on any atom is 0.422 e. The number of carbonyl (C=O) groups is 1. The van der Waals surface area contributed by atoms with Gasteiger partial charge in [-0.1, -0.05) is 13.8 Å². The summed E-state index contributed by atoms with van der Waals surface area (Å²) in [6.07, 6.45) is -7.47. The molecule has 1 aliphatic rings. The fraction of sp³-hybridized carbons (Fsp3) is 0.647. The minimum atomic E-state index is -4.49. The summed E-state index contributed by atoms with van der Waals surface area (Å²) in [5.74, 6) is -0.773. The van der Waals surface area contributed by atoms with Crippen LogP contribution < -0.4 is 15.4 Å². The summed E-state index contributed by atoms with van der Waals surface area (Å²) in [5.41, 5.74) is -1.29. The largest absolute Gasteiger partial charge is 0.468 e. The van der Waals surface area contributed by atoms with Crippen molar-refractivity contribution >= 4 is 5.91 Å². The third-order valence-electron chi connectivity index (χ3n) is 3.88. The predicted octanol–water partition coefficient (Wildman–Crippen LogP) is 3.60. The van der Waals surface area contributed by atoms with Gasteiger partial charge in [0, 0.05) is 25.4 Å². The highest BCUT2D eigenvalue weighted by molar-refractivity contribution is 5.77. The highest BCUT2D eigenvalue weighted by Gasteiger charge is 2.62. The van der Waals surface area contributed by atoms with Crippen LogP contribution >= 0.6 is 0 Å². The molecule has 1 fully saturated rings. The standard InChI is InChI=1S/C15H17F6N3O2.C2H6/c16-14(17,18)9-26-12-5-10(1-4-23-12)6-24-11(25)7-22-8-13(2-3-13)15(19,20)21;1-2/h1,4-5,22H,2-3,6-9H2,(H,24,25);1-2H3. The van der Waals surface area contributed by atoms with Crippen LogP contribution in [0.25, 0.3) is 0 Å². The van der Waals surface area contributed by atoms with E-state index in [1.54, 1.807) is 0 Å². The smallest absolute Gasteiger partial charge is 0.422 e. The summed E-state index contributed by atoms with van der Waals surface area (Å²) >= 11 is 0. The summed E-state index contributed by atoms with van der Waals surface area (Å²) in [4.78, 5) is 15.3. The molecule has 1 aromatic rings. The highest BCUT2D eigenvalue weighted by atomic mass is 19.4. The zero-order chi connectivity index (χ0) is 21.4. The number of amides is 1. The summed E-state index contributed by atoms with van der Waals surface area (Å²) in [6.45, 7) is 1.88. The van der Waals surface area contributed by atoms with Crippen LogP contribution in [0.1, 0.15) is 32.3 Å². The van der Waals surface area contributed by atoms with E-state index >= 15 is 0 Å². The Labute approximate surface area is 158 Å². The molecular weight excluding hydrogens is 392 g/mol. The van der Waals surface area contributed by atoms with Crippen LogP contribution in [0.15, 0.2) is 18.3 Å². The minimum Gasteiger partial charge on any atom is -0.468 e. The van der Waals surface area contributed by atoms with Gasteiger partial charge in [0.15, 0.2) is 6.61 Å². The third-order valence-corrected chi connectivity index (χ3v) is 3.88. The number of hydrogen-bond donors (Lipinski definition) is 2. The third kappa shape index (κ3) is 7.91. The van der Waals surface area contributed by atoms with Crippen LogP contribution in [0.3, 0.4) is 0 Å². The average Bonchev–Trinajstić information content (AvgIpc) is 3.41. The maximum absolute atomic E-state index is 12.7. The predicted molar refractivity (Wildman–Crippen MR) is 89.6 cm³/mol. The molecule has 0 radical (unpaired) electrons. The van der Waals surface area contributed by atoms with Crippen molar-refractivity contribution in [1.82, 2.24) is 15.6 Å². The van der Waals surface area contributed by atoms with Crippen LogP contribution in [0.5, 0.6) is 5.88 Å². The normalized spacial score (nSPS) is 15.3. The monoisotopic (exact) mass is 415 g/mol. The molecular formula is C17H23F6N3O2. The maximum atomic E-state index is 12.7. The molecule has 0 atom stereocenters. The van der Waals surface area contributed by atoms with E-state index in [1.165, 1.54) is 18.3 Å². The molecule has 1 saturated carbocycles. The zero-order valence-electron chi connectivity index (χ0n) is 15.5. The SMILES string of the molecule is CC.O=C(CNCC1(C(F)(F)F)CC1)NCc1ccnc(OCC(F)(F)F)c1. The minimum absolute atomic E-state index is 0.0180. The number of alkyl halides is 6. The first-order chi connectivity index (χ1) is 13.0. The van der Waals surface area contributed by atoms with Gasteiger partial charge >= 0.3 is 12.4 Å². The number of pyridine rings is 1. The number of carbonyl (C=O) groups excluding carboxylic acids is 1. The average molecular weight is 415 g/mol. The van der Waals surface area contributed by atoms with Gasteiger partial charge in [-0.3, -0.25) is 4.79 Å². The molecule has 28 heavy (non-hydrogen) atoms. The number of aromatic nitrogens is 1. The van der Waals surface area contributed by atoms with Gasteiger partial charge in [0.1, 0.15) is 0 Å². The van der Waals surface area contributed by atoms with Crippen molar-refractivity contribution in [2.24, 2.45) is 5.41 Å². The van der Waals surface area contributed by atoms with Gasteiger partial charge in [0.05, 0.1) is 12.0 Å². The van der Waals surface area contributed by atoms with E-state index in [4.69, 9.17) is 0 Å². The summed E-state index contributed by atoms with van der Waals surface area (Å²) in [7, 11) is 0. The number of hydrogen-bond acceptors (Lipinski definition) is 4. The van der Waals surface area contributed by atoms with Crippen LogP contribution in [0.2, 0.25) is 0 Å². The molecule has 11 heteroatoms. The lowest BCUT2D eigenvalue weighted by molar-refractivity contribution is -0.185. The van der Waals surface area contributed by atoms with Crippen molar-refractivity contribution in [3.05, 3.63) is 23.9 Å². The molecule has 0 spiro atoms. The molecule has 0 bridgehead atoms. The zero-order valence-corrected chi connectivity index (χ0v) is 15.5. The van der Waals surface area contributed by atoms with Crippen molar-refractivity contribution in [3.8, 4) is 5.88 Å². The Hall–Kier alpha value is -2.04. The number of halogens is 6. The van der Waals surface area contributed by atoms with Crippen molar-refractivity contribution in [3.63, 3.8) is 0 Å². The Morgan fingerprint density at radius 2 is 1.86 bits per heavy atom. The van der Waals surface area contributed by atoms with E-state index in [0.717, 1.165) is 0 Å². The first-order valence-corrected chi connectivity index (χ1v) is 8.69. The lowest BCUT2D eigenvalue weighted by Crippen LogP contribution is -2.40. The van der Waals surface area contributed by atoms with E-state index in [1.807, 2.05) is 13.8 Å². The molecule has 0 aliphatic heterocycles. The van der Waals surface area contributed by atoms with Crippen molar-refractivity contribution in [2.75, 3.05) is 19.7 Å². The second-order valence-corrected chi connectivity index (χ2v) is 6.06. The Morgan fingerprint density at radius 1 is 1.21 bits per heavy atom. The Balaban J connectivity index is 0.00000190. The quantitative estimate of drug-likeness (QED) is 0.637. The van der Waals surface area contributed by atoms with E-state index < -0.39 is 30.3 Å². The van der Waals surface area contributed by atoms with Crippen molar-refractivity contribution < 1.29 is 35.9 Å². The highest BCUT2D eigenvalue weighted by Crippen LogP contribution is 2.56. The van der Waals surface area contributed by atoms with Crippen LogP contribution in [0.4, 0.5) is 26.3 Å². The first-order valence-electron chi connectivity index (χ1n) is 8.69. The molecule has 1 aliphatic carbocycles. The molecule has 1 aromatic heterocycles. The first kappa shape index (κ1) is 24.0. The summed E-state index contributed by atoms with van der Waals surface area (Å²) < 4.78 is 79.0. The van der Waals surface area contributed by atoms with Gasteiger partial charge in [0.25, 0.3) is 0 Å². The molecule has 2 rings (SSSR count). The molecule has 1 heterocycles. The van der Waals surface area contributed by atoms with Crippen molar-refractivity contribution in [2.45, 2.75) is 45.6 Å². The Bertz CT molecular complexity index is 630. The molecule has 0 unspecified atom stereocenters. The second-order valence-electron chi connectivity index (χ2n) is 6.06. The van der Waals surface area contributed by atoms with Gasteiger partial charge in [0.2, 0.25) is 11.8 Å². The molecule has 160 valence electrons.